The van der Waals surface area contributed by atoms with Crippen LogP contribution in [0.5, 0.6) is 5.75 Å². The van der Waals surface area contributed by atoms with Gasteiger partial charge in [0.15, 0.2) is 0 Å². The average Bonchev–Trinajstić information content (AvgIpc) is 3.11. The van der Waals surface area contributed by atoms with Gasteiger partial charge in [-0.2, -0.15) is 0 Å². The van der Waals surface area contributed by atoms with E-state index in [2.05, 4.69) is 34.0 Å². The van der Waals surface area contributed by atoms with Crippen molar-refractivity contribution in [2.24, 2.45) is 5.73 Å². The van der Waals surface area contributed by atoms with Gasteiger partial charge in [-0.25, -0.2) is 0 Å². The predicted molar refractivity (Wildman–Crippen MR) is 118 cm³/mol. The summed E-state index contributed by atoms with van der Waals surface area (Å²) in [5.41, 5.74) is 11.5. The highest BCUT2D eigenvalue weighted by atomic mass is 19.4. The smallest absolute Gasteiger partial charge is 0.406 e. The lowest BCUT2D eigenvalue weighted by Gasteiger charge is -2.09. The molecule has 0 aliphatic heterocycles. The summed E-state index contributed by atoms with van der Waals surface area (Å²) < 4.78 is 42.2. The summed E-state index contributed by atoms with van der Waals surface area (Å²) in [4.78, 5) is 3.39. The van der Waals surface area contributed by atoms with Crippen LogP contribution >= 0.6 is 0 Å². The molecule has 1 aromatic heterocycles. The largest absolute Gasteiger partial charge is 0.573 e. The standard InChI is InChI=1S/C25H23F3N2O/c26-25(27,28)31-20-13-14-23-22(16-20)21(8-4-5-15-29)24(30-23)19-11-9-18(10-12-19)17-6-2-1-3-7-17/h1-3,6-7,9-14,16,30H,4-5,8,15,29H2. The van der Waals surface area contributed by atoms with Crippen molar-refractivity contribution < 1.29 is 17.9 Å². The van der Waals surface area contributed by atoms with Crippen LogP contribution in [-0.2, 0) is 6.42 Å². The average molecular weight is 424 g/mol. The lowest BCUT2D eigenvalue weighted by Crippen LogP contribution is -2.16. The van der Waals surface area contributed by atoms with Crippen LogP contribution in [0.4, 0.5) is 13.2 Å². The SMILES string of the molecule is NCCCCc1c(-c2ccc(-c3ccccc3)cc2)[nH]c2ccc(OC(F)(F)F)cc12. The summed E-state index contributed by atoms with van der Waals surface area (Å²) in [5.74, 6) is -0.218. The molecule has 0 saturated carbocycles. The van der Waals surface area contributed by atoms with Gasteiger partial charge in [-0.15, -0.1) is 13.2 Å². The summed E-state index contributed by atoms with van der Waals surface area (Å²) in [6.45, 7) is 0.575. The molecule has 3 N–H and O–H groups in total. The Labute approximate surface area is 178 Å². The minimum absolute atomic E-state index is 0.218. The van der Waals surface area contributed by atoms with Gasteiger partial charge in [0.25, 0.3) is 0 Å². The predicted octanol–water partition coefficient (Wildman–Crippen LogP) is 6.68. The number of ether oxygens (including phenoxy) is 1. The van der Waals surface area contributed by atoms with Crippen LogP contribution in [0.15, 0.2) is 72.8 Å². The van der Waals surface area contributed by atoms with E-state index >= 15 is 0 Å². The molecule has 4 rings (SSSR count). The van der Waals surface area contributed by atoms with Crippen molar-refractivity contribution in [1.29, 1.82) is 0 Å². The van der Waals surface area contributed by atoms with Gasteiger partial charge in [0.1, 0.15) is 5.75 Å². The minimum atomic E-state index is -4.72. The van der Waals surface area contributed by atoms with E-state index in [1.807, 2.05) is 30.3 Å². The molecule has 3 nitrogen and oxygen atoms in total. The highest BCUT2D eigenvalue weighted by Crippen LogP contribution is 2.35. The normalized spacial score (nSPS) is 11.7. The highest BCUT2D eigenvalue weighted by molar-refractivity contribution is 5.92. The number of H-pyrrole nitrogens is 1. The van der Waals surface area contributed by atoms with Gasteiger partial charge < -0.3 is 15.5 Å². The maximum Gasteiger partial charge on any atom is 0.573 e. The molecule has 0 radical (unpaired) electrons. The van der Waals surface area contributed by atoms with E-state index in [0.717, 1.165) is 51.7 Å². The molecule has 0 bridgehead atoms. The molecule has 0 atom stereocenters. The van der Waals surface area contributed by atoms with E-state index in [-0.39, 0.29) is 5.75 Å². The summed E-state index contributed by atoms with van der Waals surface area (Å²) in [7, 11) is 0. The van der Waals surface area contributed by atoms with Crippen molar-refractivity contribution in [2.75, 3.05) is 6.54 Å². The Morgan fingerprint density at radius 3 is 2.16 bits per heavy atom. The molecule has 0 spiro atoms. The second kappa shape index (κ2) is 8.86. The van der Waals surface area contributed by atoms with Crippen molar-refractivity contribution in [3.63, 3.8) is 0 Å². The first kappa shape index (κ1) is 21.0. The Bertz CT molecular complexity index is 1150. The molecule has 0 aliphatic carbocycles. The Morgan fingerprint density at radius 2 is 1.48 bits per heavy atom. The molecular weight excluding hydrogens is 401 g/mol. The Balaban J connectivity index is 1.74. The lowest BCUT2D eigenvalue weighted by atomic mass is 9.98. The number of benzene rings is 3. The topological polar surface area (TPSA) is 51.0 Å². The number of halogens is 3. The molecule has 1 heterocycles. The maximum absolute atomic E-state index is 12.7. The first-order valence-electron chi connectivity index (χ1n) is 10.2. The third kappa shape index (κ3) is 4.91. The third-order valence-corrected chi connectivity index (χ3v) is 5.27. The molecule has 0 fully saturated rings. The van der Waals surface area contributed by atoms with Crippen LogP contribution < -0.4 is 10.5 Å². The van der Waals surface area contributed by atoms with Crippen molar-refractivity contribution in [2.45, 2.75) is 25.6 Å². The van der Waals surface area contributed by atoms with Gasteiger partial charge in [-0.05, 0) is 66.3 Å². The molecule has 6 heteroatoms. The number of fused-ring (bicyclic) bond motifs is 1. The van der Waals surface area contributed by atoms with Crippen molar-refractivity contribution in [3.05, 3.63) is 78.4 Å². The molecule has 160 valence electrons. The number of hydrogen-bond donors (Lipinski definition) is 2. The number of hydrogen-bond acceptors (Lipinski definition) is 2. The quantitative estimate of drug-likeness (QED) is 0.325. The van der Waals surface area contributed by atoms with E-state index < -0.39 is 6.36 Å². The highest BCUT2D eigenvalue weighted by Gasteiger charge is 2.31. The summed E-state index contributed by atoms with van der Waals surface area (Å²) in [6.07, 6.45) is -2.32. The summed E-state index contributed by atoms with van der Waals surface area (Å²) >= 11 is 0. The summed E-state index contributed by atoms with van der Waals surface area (Å²) in [6, 6.07) is 22.7. The second-order valence-electron chi connectivity index (χ2n) is 7.42. The van der Waals surface area contributed by atoms with Gasteiger partial charge in [-0.3, -0.25) is 0 Å². The molecule has 0 saturated heterocycles. The van der Waals surface area contributed by atoms with Crippen LogP contribution in [0.1, 0.15) is 18.4 Å². The first-order chi connectivity index (χ1) is 14.9. The second-order valence-corrected chi connectivity index (χ2v) is 7.42. The van der Waals surface area contributed by atoms with Gasteiger partial charge in [0.2, 0.25) is 0 Å². The number of nitrogens with two attached hydrogens (primary N) is 1. The monoisotopic (exact) mass is 424 g/mol. The van der Waals surface area contributed by atoms with E-state index in [9.17, 15) is 13.2 Å². The molecule has 0 unspecified atom stereocenters. The third-order valence-electron chi connectivity index (χ3n) is 5.27. The summed E-state index contributed by atoms with van der Waals surface area (Å²) in [5, 5.41) is 0.737. The van der Waals surface area contributed by atoms with E-state index in [0.29, 0.717) is 13.0 Å². The fourth-order valence-electron chi connectivity index (χ4n) is 3.84. The fraction of sp³-hybridized carbons (Fsp3) is 0.200. The zero-order valence-corrected chi connectivity index (χ0v) is 16.9. The van der Waals surface area contributed by atoms with Crippen molar-refractivity contribution >= 4 is 10.9 Å². The Hall–Kier alpha value is -3.25. The van der Waals surface area contributed by atoms with Crippen LogP contribution in [-0.4, -0.2) is 17.9 Å². The molecule has 31 heavy (non-hydrogen) atoms. The van der Waals surface area contributed by atoms with Crippen LogP contribution in [0.2, 0.25) is 0 Å². The zero-order valence-electron chi connectivity index (χ0n) is 16.9. The fourth-order valence-corrected chi connectivity index (χ4v) is 3.84. The number of aromatic amines is 1. The Morgan fingerprint density at radius 1 is 0.806 bits per heavy atom. The van der Waals surface area contributed by atoms with Crippen LogP contribution in [0.25, 0.3) is 33.3 Å². The van der Waals surface area contributed by atoms with Crippen LogP contribution in [0.3, 0.4) is 0 Å². The number of unbranched alkanes of at least 4 members (excludes halogenated alkanes) is 1. The molecular formula is C25H23F3N2O. The molecule has 4 aromatic rings. The molecule has 0 aliphatic rings. The van der Waals surface area contributed by atoms with Crippen molar-refractivity contribution in [3.8, 4) is 28.1 Å². The van der Waals surface area contributed by atoms with E-state index in [1.165, 1.54) is 12.1 Å². The number of alkyl halides is 3. The van der Waals surface area contributed by atoms with Crippen molar-refractivity contribution in [1.82, 2.24) is 4.98 Å². The number of aromatic nitrogens is 1. The van der Waals surface area contributed by atoms with Gasteiger partial charge in [0, 0.05) is 16.6 Å². The number of nitrogens with one attached hydrogen (secondary N) is 1. The maximum atomic E-state index is 12.7. The molecule has 3 aromatic carbocycles. The molecule has 0 amide bonds. The van der Waals surface area contributed by atoms with Gasteiger partial charge in [0.05, 0.1) is 0 Å². The van der Waals surface area contributed by atoms with E-state index in [1.54, 1.807) is 6.07 Å². The number of aryl methyl sites for hydroxylation is 1. The first-order valence-corrected chi connectivity index (χ1v) is 10.2. The zero-order chi connectivity index (χ0) is 21.8. The minimum Gasteiger partial charge on any atom is -0.406 e. The van der Waals surface area contributed by atoms with Crippen LogP contribution in [0, 0.1) is 0 Å². The number of rotatable bonds is 7. The lowest BCUT2D eigenvalue weighted by molar-refractivity contribution is -0.274. The van der Waals surface area contributed by atoms with Gasteiger partial charge in [-0.1, -0.05) is 54.6 Å². The van der Waals surface area contributed by atoms with E-state index in [4.69, 9.17) is 5.73 Å². The van der Waals surface area contributed by atoms with Gasteiger partial charge >= 0.3 is 6.36 Å². The Kier molecular flexibility index (Phi) is 6.00.